The Morgan fingerprint density at radius 1 is 1.21 bits per heavy atom. The monoisotopic (exact) mass is 472 g/mol. The van der Waals surface area contributed by atoms with Gasteiger partial charge in [-0.2, -0.15) is 0 Å². The molecule has 1 unspecified atom stereocenters. The molecule has 2 aliphatic rings. The zero-order valence-corrected chi connectivity index (χ0v) is 18.6. The van der Waals surface area contributed by atoms with Crippen LogP contribution in [0.15, 0.2) is 30.3 Å². The van der Waals surface area contributed by atoms with Crippen molar-refractivity contribution in [2.45, 2.75) is 38.8 Å². The molecule has 1 saturated heterocycles. The highest BCUT2D eigenvalue weighted by Gasteiger charge is 2.34. The normalized spacial score (nSPS) is 18.8. The summed E-state index contributed by atoms with van der Waals surface area (Å²) < 4.78 is 52.3. The minimum atomic E-state index is -2.91. The summed E-state index contributed by atoms with van der Waals surface area (Å²) in [5.74, 6) is 0.296. The third-order valence-corrected chi connectivity index (χ3v) is 6.15. The second kappa shape index (κ2) is 8.75. The molecule has 0 aliphatic carbocycles. The van der Waals surface area contributed by atoms with Crippen molar-refractivity contribution in [3.8, 4) is 5.75 Å². The SMILES string of the molecule is Cc1nc(N[C@H](C)c2cccc(C(F)F)c2F)c2cc3c(cc2n1)OCC(=O)N3C1CCOC1. The molecule has 2 aliphatic heterocycles. The average molecular weight is 472 g/mol. The van der Waals surface area contributed by atoms with Crippen LogP contribution in [-0.4, -0.2) is 41.7 Å². The van der Waals surface area contributed by atoms with Gasteiger partial charge in [0.25, 0.3) is 12.3 Å². The van der Waals surface area contributed by atoms with Crippen LogP contribution in [0.2, 0.25) is 0 Å². The van der Waals surface area contributed by atoms with Crippen LogP contribution in [0.4, 0.5) is 24.7 Å². The Kier molecular flexibility index (Phi) is 5.76. The molecule has 178 valence electrons. The molecular weight excluding hydrogens is 449 g/mol. The zero-order valence-electron chi connectivity index (χ0n) is 18.6. The molecule has 7 nitrogen and oxygen atoms in total. The van der Waals surface area contributed by atoms with E-state index in [-0.39, 0.29) is 24.1 Å². The van der Waals surface area contributed by atoms with Gasteiger partial charge in [-0.1, -0.05) is 18.2 Å². The fourth-order valence-corrected chi connectivity index (χ4v) is 4.50. The van der Waals surface area contributed by atoms with Gasteiger partial charge in [0.1, 0.15) is 23.2 Å². The topological polar surface area (TPSA) is 76.6 Å². The standard InChI is InChI=1S/C24H23F3N4O3/c1-12(15-4-3-5-16(22(15)25)23(26)27)28-24-17-8-19-20(9-18(17)29-13(2)30-24)34-11-21(32)31(19)14-6-7-33-10-14/h3-5,8-9,12,14,23H,6-7,10-11H2,1-2H3,(H,28,29,30)/t12-,14?/m1/s1. The minimum absolute atomic E-state index is 0.0685. The lowest BCUT2D eigenvalue weighted by atomic mass is 10.0. The Bertz CT molecular complexity index is 1260. The number of nitrogens with zero attached hydrogens (tertiary/aromatic N) is 3. The van der Waals surface area contributed by atoms with Crippen LogP contribution in [0.5, 0.6) is 5.75 Å². The van der Waals surface area contributed by atoms with Gasteiger partial charge in [-0.25, -0.2) is 23.1 Å². The number of fused-ring (bicyclic) bond motifs is 2. The summed E-state index contributed by atoms with van der Waals surface area (Å²) in [5, 5.41) is 3.75. The molecule has 1 fully saturated rings. The fraction of sp³-hybridized carbons (Fsp3) is 0.375. The first kappa shape index (κ1) is 22.4. The number of carbonyl (C=O) groups excluding carboxylic acids is 1. The van der Waals surface area contributed by atoms with Gasteiger partial charge in [0.2, 0.25) is 0 Å². The Balaban J connectivity index is 1.57. The number of aromatic nitrogens is 2. The van der Waals surface area contributed by atoms with Crippen molar-refractivity contribution in [1.29, 1.82) is 0 Å². The molecule has 10 heteroatoms. The summed E-state index contributed by atoms with van der Waals surface area (Å²) in [6.07, 6.45) is -2.20. The third-order valence-electron chi connectivity index (χ3n) is 6.15. The molecule has 1 aromatic heterocycles. The number of nitrogens with one attached hydrogen (secondary N) is 1. The largest absolute Gasteiger partial charge is 0.481 e. The van der Waals surface area contributed by atoms with Crippen molar-refractivity contribution in [2.75, 3.05) is 30.0 Å². The molecule has 2 atom stereocenters. The molecule has 34 heavy (non-hydrogen) atoms. The van der Waals surface area contributed by atoms with E-state index in [2.05, 4.69) is 15.3 Å². The lowest BCUT2D eigenvalue weighted by Crippen LogP contribution is -2.46. The van der Waals surface area contributed by atoms with E-state index in [9.17, 15) is 18.0 Å². The minimum Gasteiger partial charge on any atom is -0.481 e. The molecule has 3 aromatic rings. The fourth-order valence-electron chi connectivity index (χ4n) is 4.50. The third kappa shape index (κ3) is 3.91. The van der Waals surface area contributed by atoms with Crippen LogP contribution < -0.4 is 15.0 Å². The Morgan fingerprint density at radius 2 is 2.00 bits per heavy atom. The van der Waals surface area contributed by atoms with Crippen molar-refractivity contribution in [3.05, 3.63) is 53.1 Å². The average Bonchev–Trinajstić information content (AvgIpc) is 3.32. The van der Waals surface area contributed by atoms with Crippen molar-refractivity contribution in [2.24, 2.45) is 0 Å². The first-order valence-electron chi connectivity index (χ1n) is 11.0. The smallest absolute Gasteiger partial charge is 0.266 e. The number of ether oxygens (including phenoxy) is 2. The first-order chi connectivity index (χ1) is 16.3. The first-order valence-corrected chi connectivity index (χ1v) is 11.0. The number of rotatable bonds is 5. The summed E-state index contributed by atoms with van der Waals surface area (Å²) in [6, 6.07) is 6.71. The molecule has 0 bridgehead atoms. The number of anilines is 2. The predicted molar refractivity (Wildman–Crippen MR) is 120 cm³/mol. The van der Waals surface area contributed by atoms with E-state index in [1.165, 1.54) is 12.1 Å². The number of hydrogen-bond acceptors (Lipinski definition) is 6. The van der Waals surface area contributed by atoms with Crippen LogP contribution in [-0.2, 0) is 9.53 Å². The van der Waals surface area contributed by atoms with Gasteiger partial charge in [0.05, 0.1) is 35.5 Å². The van der Waals surface area contributed by atoms with E-state index < -0.39 is 23.8 Å². The summed E-state index contributed by atoms with van der Waals surface area (Å²) in [6.45, 7) is 4.34. The lowest BCUT2D eigenvalue weighted by Gasteiger charge is -2.33. The van der Waals surface area contributed by atoms with Gasteiger partial charge in [0.15, 0.2) is 6.61 Å². The van der Waals surface area contributed by atoms with Gasteiger partial charge in [-0.3, -0.25) is 4.79 Å². The van der Waals surface area contributed by atoms with Crippen LogP contribution in [0, 0.1) is 12.7 Å². The van der Waals surface area contributed by atoms with Gasteiger partial charge in [-0.15, -0.1) is 0 Å². The molecule has 0 spiro atoms. The molecule has 1 amide bonds. The number of halogens is 3. The molecule has 1 N–H and O–H groups in total. The highest BCUT2D eigenvalue weighted by atomic mass is 19.3. The molecule has 0 radical (unpaired) electrons. The summed E-state index contributed by atoms with van der Waals surface area (Å²) in [4.78, 5) is 23.4. The maximum Gasteiger partial charge on any atom is 0.266 e. The van der Waals surface area contributed by atoms with E-state index in [1.807, 2.05) is 0 Å². The van der Waals surface area contributed by atoms with E-state index >= 15 is 0 Å². The van der Waals surface area contributed by atoms with Crippen LogP contribution in [0.1, 0.15) is 42.8 Å². The summed E-state index contributed by atoms with van der Waals surface area (Å²) >= 11 is 0. The van der Waals surface area contributed by atoms with Crippen molar-refractivity contribution >= 4 is 28.3 Å². The maximum atomic E-state index is 14.7. The predicted octanol–water partition coefficient (Wildman–Crippen LogP) is 4.70. The van der Waals surface area contributed by atoms with Gasteiger partial charge < -0.3 is 19.7 Å². The summed E-state index contributed by atoms with van der Waals surface area (Å²) in [5.41, 5.74) is 0.630. The van der Waals surface area contributed by atoms with Crippen molar-refractivity contribution < 1.29 is 27.4 Å². The second-order valence-corrected chi connectivity index (χ2v) is 8.44. The van der Waals surface area contributed by atoms with E-state index in [0.29, 0.717) is 47.2 Å². The number of amides is 1. The number of hydrogen-bond donors (Lipinski definition) is 1. The van der Waals surface area contributed by atoms with Crippen molar-refractivity contribution in [3.63, 3.8) is 0 Å². The number of alkyl halides is 2. The second-order valence-electron chi connectivity index (χ2n) is 8.44. The number of aryl methyl sites for hydroxylation is 1. The molecule has 3 heterocycles. The van der Waals surface area contributed by atoms with E-state index in [0.717, 1.165) is 12.5 Å². The number of benzene rings is 2. The van der Waals surface area contributed by atoms with E-state index in [1.54, 1.807) is 30.9 Å². The Morgan fingerprint density at radius 3 is 2.74 bits per heavy atom. The molecule has 5 rings (SSSR count). The van der Waals surface area contributed by atoms with Crippen LogP contribution >= 0.6 is 0 Å². The quantitative estimate of drug-likeness (QED) is 0.580. The molecular formula is C24H23F3N4O3. The molecule has 2 aromatic carbocycles. The maximum absolute atomic E-state index is 14.7. The van der Waals surface area contributed by atoms with Gasteiger partial charge >= 0.3 is 0 Å². The highest BCUT2D eigenvalue weighted by molar-refractivity contribution is 6.03. The van der Waals surface area contributed by atoms with Crippen LogP contribution in [0.25, 0.3) is 10.9 Å². The van der Waals surface area contributed by atoms with Gasteiger partial charge in [-0.05, 0) is 26.3 Å². The zero-order chi connectivity index (χ0) is 24.0. The number of carbonyl (C=O) groups is 1. The summed E-state index contributed by atoms with van der Waals surface area (Å²) in [7, 11) is 0. The Hall–Kier alpha value is -3.40. The van der Waals surface area contributed by atoms with Gasteiger partial charge in [0, 0.05) is 23.6 Å². The van der Waals surface area contributed by atoms with Crippen molar-refractivity contribution in [1.82, 2.24) is 9.97 Å². The molecule has 0 saturated carbocycles. The van der Waals surface area contributed by atoms with E-state index in [4.69, 9.17) is 9.47 Å². The van der Waals surface area contributed by atoms with Crippen LogP contribution in [0.3, 0.4) is 0 Å². The Labute approximate surface area is 193 Å². The lowest BCUT2D eigenvalue weighted by molar-refractivity contribution is -0.121. The highest BCUT2D eigenvalue weighted by Crippen LogP contribution is 2.40.